The molecule has 150 valence electrons. The number of nitrogens with one attached hydrogen (secondary N) is 1. The number of nitrogens with zero attached hydrogens (tertiary/aromatic N) is 1. The van der Waals surface area contributed by atoms with Gasteiger partial charge < -0.3 is 15.8 Å². The van der Waals surface area contributed by atoms with Crippen molar-refractivity contribution in [1.82, 2.24) is 4.98 Å². The summed E-state index contributed by atoms with van der Waals surface area (Å²) in [5.41, 5.74) is 7.08. The maximum Gasteiger partial charge on any atom is 0.209 e. The highest BCUT2D eigenvalue weighted by Gasteiger charge is 2.38. The molecule has 3 aromatic rings. The van der Waals surface area contributed by atoms with Gasteiger partial charge in [-0.25, -0.2) is 4.98 Å². The molecular weight excluding hydrogens is 449 g/mol. The molecule has 0 spiro atoms. The molecule has 5 nitrogen and oxygen atoms in total. The Balaban J connectivity index is 1.47. The second kappa shape index (κ2) is 8.16. The van der Waals surface area contributed by atoms with Crippen LogP contribution in [0.25, 0.3) is 0 Å². The Morgan fingerprint density at radius 3 is 2.55 bits per heavy atom. The normalized spacial score (nSPS) is 17.9. The fourth-order valence-electron chi connectivity index (χ4n) is 2.58. The van der Waals surface area contributed by atoms with Crippen molar-refractivity contribution in [3.8, 4) is 0 Å². The number of benzene rings is 2. The molecule has 1 atom stereocenters. The van der Waals surface area contributed by atoms with E-state index in [2.05, 4.69) is 17.2 Å². The van der Waals surface area contributed by atoms with Gasteiger partial charge in [-0.3, -0.25) is 4.79 Å². The van der Waals surface area contributed by atoms with Crippen LogP contribution in [0.4, 0.5) is 16.6 Å². The standard InChI is InChI=1S/C20H17Cl2N3O2S2/c1-20(9-27-20)10-28-12-7-5-11(6-8-12)24-19-25-18(23)17(29-19)16(26)15-13(21)3-2-4-14(15)22/h2-8H,9-10,23H2,1H3,(H,24,25). The Morgan fingerprint density at radius 2 is 1.93 bits per heavy atom. The summed E-state index contributed by atoms with van der Waals surface area (Å²) in [6.07, 6.45) is 0. The van der Waals surface area contributed by atoms with Crippen LogP contribution in [0.2, 0.25) is 10.0 Å². The number of carbonyl (C=O) groups is 1. The van der Waals surface area contributed by atoms with Crippen molar-refractivity contribution in [2.24, 2.45) is 0 Å². The van der Waals surface area contributed by atoms with Crippen LogP contribution in [0.15, 0.2) is 47.4 Å². The first-order chi connectivity index (χ1) is 13.8. The lowest BCUT2D eigenvalue weighted by Gasteiger charge is -2.06. The molecule has 4 rings (SSSR count). The summed E-state index contributed by atoms with van der Waals surface area (Å²) in [5.74, 6) is 0.730. The first-order valence-electron chi connectivity index (χ1n) is 8.73. The van der Waals surface area contributed by atoms with Gasteiger partial charge in [-0.05, 0) is 43.3 Å². The van der Waals surface area contributed by atoms with E-state index in [9.17, 15) is 4.79 Å². The number of epoxide rings is 1. The van der Waals surface area contributed by atoms with Gasteiger partial charge in [0.1, 0.15) is 10.7 Å². The lowest BCUT2D eigenvalue weighted by Crippen LogP contribution is -2.07. The van der Waals surface area contributed by atoms with Crippen LogP contribution in [0.1, 0.15) is 22.2 Å². The third-order valence-electron chi connectivity index (χ3n) is 4.34. The fourth-order valence-corrected chi connectivity index (χ4v) is 4.96. The average molecular weight is 466 g/mol. The van der Waals surface area contributed by atoms with E-state index in [0.717, 1.165) is 34.3 Å². The minimum absolute atomic E-state index is 0.0213. The van der Waals surface area contributed by atoms with Crippen molar-refractivity contribution in [3.63, 3.8) is 0 Å². The van der Waals surface area contributed by atoms with E-state index in [1.807, 2.05) is 24.3 Å². The van der Waals surface area contributed by atoms with Gasteiger partial charge in [-0.2, -0.15) is 0 Å². The van der Waals surface area contributed by atoms with E-state index in [1.165, 1.54) is 0 Å². The molecule has 1 saturated heterocycles. The molecule has 0 radical (unpaired) electrons. The van der Waals surface area contributed by atoms with E-state index in [0.29, 0.717) is 10.0 Å². The van der Waals surface area contributed by atoms with Gasteiger partial charge in [0.25, 0.3) is 0 Å². The maximum atomic E-state index is 12.9. The van der Waals surface area contributed by atoms with E-state index in [4.69, 9.17) is 33.7 Å². The van der Waals surface area contributed by atoms with Crippen molar-refractivity contribution >= 4 is 68.7 Å². The predicted molar refractivity (Wildman–Crippen MR) is 121 cm³/mol. The zero-order valence-corrected chi connectivity index (χ0v) is 18.5. The highest BCUT2D eigenvalue weighted by atomic mass is 35.5. The number of anilines is 3. The summed E-state index contributed by atoms with van der Waals surface area (Å²) in [5, 5.41) is 4.27. The van der Waals surface area contributed by atoms with Crippen molar-refractivity contribution in [3.05, 3.63) is 63.0 Å². The van der Waals surface area contributed by atoms with Crippen LogP contribution in [-0.2, 0) is 4.74 Å². The molecule has 3 N–H and O–H groups in total. The van der Waals surface area contributed by atoms with Crippen molar-refractivity contribution in [2.75, 3.05) is 23.4 Å². The highest BCUT2D eigenvalue weighted by molar-refractivity contribution is 7.99. The molecule has 0 bridgehead atoms. The molecule has 1 fully saturated rings. The summed E-state index contributed by atoms with van der Waals surface area (Å²) >= 11 is 15.2. The Morgan fingerprint density at radius 1 is 1.28 bits per heavy atom. The number of thiazole rings is 1. The van der Waals surface area contributed by atoms with Gasteiger partial charge in [0, 0.05) is 16.3 Å². The summed E-state index contributed by atoms with van der Waals surface area (Å²) in [4.78, 5) is 18.6. The maximum absolute atomic E-state index is 12.9. The van der Waals surface area contributed by atoms with E-state index >= 15 is 0 Å². The van der Waals surface area contributed by atoms with Gasteiger partial charge in [-0.15, -0.1) is 11.8 Å². The van der Waals surface area contributed by atoms with E-state index in [1.54, 1.807) is 30.0 Å². The molecule has 9 heteroatoms. The van der Waals surface area contributed by atoms with Gasteiger partial charge in [-0.1, -0.05) is 40.6 Å². The first-order valence-corrected chi connectivity index (χ1v) is 11.3. The van der Waals surface area contributed by atoms with Crippen LogP contribution in [0.3, 0.4) is 0 Å². The zero-order chi connectivity index (χ0) is 20.6. The molecule has 1 aliphatic heterocycles. The lowest BCUT2D eigenvalue weighted by molar-refractivity contribution is 0.104. The van der Waals surface area contributed by atoms with Crippen molar-refractivity contribution in [2.45, 2.75) is 17.4 Å². The Kier molecular flexibility index (Phi) is 5.77. The van der Waals surface area contributed by atoms with Crippen molar-refractivity contribution < 1.29 is 9.53 Å². The summed E-state index contributed by atoms with van der Waals surface area (Å²) in [6.45, 7) is 2.93. The molecule has 0 aliphatic carbocycles. The van der Waals surface area contributed by atoms with Crippen LogP contribution in [0, 0.1) is 0 Å². The highest BCUT2D eigenvalue weighted by Crippen LogP contribution is 2.35. The lowest BCUT2D eigenvalue weighted by atomic mass is 10.1. The van der Waals surface area contributed by atoms with Crippen LogP contribution in [-0.4, -0.2) is 28.7 Å². The van der Waals surface area contributed by atoms with Gasteiger partial charge >= 0.3 is 0 Å². The number of aromatic nitrogens is 1. The second-order valence-electron chi connectivity index (χ2n) is 6.84. The van der Waals surface area contributed by atoms with Crippen LogP contribution >= 0.6 is 46.3 Å². The Labute approximate surface area is 186 Å². The SMILES string of the molecule is CC1(CSc2ccc(Nc3nc(N)c(C(=O)c4c(Cl)cccc4Cl)s3)cc2)CO1. The predicted octanol–water partition coefficient (Wildman–Crippen LogP) is 5.89. The molecule has 2 heterocycles. The molecule has 29 heavy (non-hydrogen) atoms. The number of thioether (sulfide) groups is 1. The molecule has 0 amide bonds. The number of carbonyl (C=O) groups excluding carboxylic acids is 1. The molecule has 2 aromatic carbocycles. The quantitative estimate of drug-likeness (QED) is 0.257. The minimum atomic E-state index is -0.341. The van der Waals surface area contributed by atoms with Crippen LogP contribution < -0.4 is 11.1 Å². The largest absolute Gasteiger partial charge is 0.382 e. The molecule has 0 saturated carbocycles. The molecule has 1 aliphatic rings. The number of ketones is 1. The topological polar surface area (TPSA) is 80.5 Å². The Hall–Kier alpha value is -1.77. The number of halogens is 2. The smallest absolute Gasteiger partial charge is 0.209 e. The van der Waals surface area contributed by atoms with E-state index < -0.39 is 0 Å². The molecule has 1 unspecified atom stereocenters. The third kappa shape index (κ3) is 4.70. The zero-order valence-electron chi connectivity index (χ0n) is 15.4. The fraction of sp³-hybridized carbons (Fsp3) is 0.200. The number of nitrogens with two attached hydrogens (primary N) is 1. The van der Waals surface area contributed by atoms with Gasteiger partial charge in [0.2, 0.25) is 5.78 Å². The average Bonchev–Trinajstić information content (AvgIpc) is 3.31. The first kappa shape index (κ1) is 20.5. The number of hydrogen-bond acceptors (Lipinski definition) is 7. The van der Waals surface area contributed by atoms with Crippen LogP contribution in [0.5, 0.6) is 0 Å². The second-order valence-corrected chi connectivity index (χ2v) is 9.70. The number of ether oxygens (including phenoxy) is 1. The number of rotatable bonds is 7. The monoisotopic (exact) mass is 465 g/mol. The minimum Gasteiger partial charge on any atom is -0.382 e. The van der Waals surface area contributed by atoms with E-state index in [-0.39, 0.29) is 32.8 Å². The molecular formula is C20H17Cl2N3O2S2. The number of hydrogen-bond donors (Lipinski definition) is 2. The van der Waals surface area contributed by atoms with Gasteiger partial charge in [0.15, 0.2) is 5.13 Å². The summed E-state index contributed by atoms with van der Waals surface area (Å²) < 4.78 is 5.40. The van der Waals surface area contributed by atoms with Gasteiger partial charge in [0.05, 0.1) is 27.8 Å². The van der Waals surface area contributed by atoms with Crippen molar-refractivity contribution in [1.29, 1.82) is 0 Å². The number of nitrogen functional groups attached to an aromatic ring is 1. The third-order valence-corrected chi connectivity index (χ3v) is 7.31. The summed E-state index contributed by atoms with van der Waals surface area (Å²) in [6, 6.07) is 12.9. The Bertz CT molecular complexity index is 1050. The molecule has 1 aromatic heterocycles. The summed E-state index contributed by atoms with van der Waals surface area (Å²) in [7, 11) is 0.